The maximum Gasteiger partial charge on any atom is 0.225 e. The van der Waals surface area contributed by atoms with Crippen molar-refractivity contribution in [2.45, 2.75) is 19.4 Å². The molecule has 1 aromatic rings. The molecule has 1 saturated heterocycles. The number of hydrogen-bond donors (Lipinski definition) is 1. The van der Waals surface area contributed by atoms with E-state index < -0.39 is 0 Å². The van der Waals surface area contributed by atoms with Crippen molar-refractivity contribution in [3.63, 3.8) is 0 Å². The highest BCUT2D eigenvalue weighted by atomic mass is 32.1. The van der Waals surface area contributed by atoms with Gasteiger partial charge in [0.1, 0.15) is 0 Å². The maximum absolute atomic E-state index is 12.0. The Morgan fingerprint density at radius 2 is 2.41 bits per heavy atom. The summed E-state index contributed by atoms with van der Waals surface area (Å²) in [6.07, 6.45) is 0.333. The Balaban J connectivity index is 1.92. The molecule has 1 aromatic heterocycles. The van der Waals surface area contributed by atoms with Crippen molar-refractivity contribution in [1.29, 1.82) is 0 Å². The Bertz CT molecular complexity index is 416. The minimum atomic E-state index is -0.199. The van der Waals surface area contributed by atoms with E-state index >= 15 is 0 Å². The van der Waals surface area contributed by atoms with Crippen LogP contribution in [-0.2, 0) is 9.59 Å². The first kappa shape index (κ1) is 12.1. The molecule has 1 fully saturated rings. The van der Waals surface area contributed by atoms with Gasteiger partial charge >= 0.3 is 0 Å². The summed E-state index contributed by atoms with van der Waals surface area (Å²) in [4.78, 5) is 26.1. The highest BCUT2D eigenvalue weighted by molar-refractivity contribution is 7.10. The highest BCUT2D eigenvalue weighted by Gasteiger charge is 2.32. The number of nitrogens with one attached hydrogen (secondary N) is 1. The van der Waals surface area contributed by atoms with Gasteiger partial charge in [-0.05, 0) is 18.4 Å². The Kier molecular flexibility index (Phi) is 3.47. The van der Waals surface area contributed by atoms with Gasteiger partial charge in [0, 0.05) is 24.9 Å². The number of amides is 2. The molecular formula is C12H16N2O2S. The van der Waals surface area contributed by atoms with Gasteiger partial charge in [-0.1, -0.05) is 6.07 Å². The molecule has 2 heterocycles. The molecule has 2 amide bonds. The molecule has 4 nitrogen and oxygen atoms in total. The predicted molar refractivity (Wildman–Crippen MR) is 66.6 cm³/mol. The molecule has 0 unspecified atom stereocenters. The summed E-state index contributed by atoms with van der Waals surface area (Å²) in [6.45, 7) is 2.49. The SMILES string of the molecule is C[C@H](NC(=O)[C@H]1CC(=O)N(C)C1)c1cccs1. The largest absolute Gasteiger partial charge is 0.348 e. The van der Waals surface area contributed by atoms with E-state index in [1.165, 1.54) is 0 Å². The third-order valence-corrected chi connectivity index (χ3v) is 4.10. The molecule has 5 heteroatoms. The zero-order valence-electron chi connectivity index (χ0n) is 9.97. The Labute approximate surface area is 105 Å². The molecule has 2 rings (SSSR count). The van der Waals surface area contributed by atoms with Gasteiger partial charge in [0.15, 0.2) is 0 Å². The van der Waals surface area contributed by atoms with Gasteiger partial charge in [0.2, 0.25) is 11.8 Å². The van der Waals surface area contributed by atoms with Gasteiger partial charge < -0.3 is 10.2 Å². The lowest BCUT2D eigenvalue weighted by molar-refractivity contribution is -0.128. The number of rotatable bonds is 3. The summed E-state index contributed by atoms with van der Waals surface area (Å²) in [5.74, 6) is -0.174. The van der Waals surface area contributed by atoms with Crippen molar-refractivity contribution in [2.24, 2.45) is 5.92 Å². The molecule has 92 valence electrons. The molecular weight excluding hydrogens is 236 g/mol. The van der Waals surface area contributed by atoms with Gasteiger partial charge in [-0.3, -0.25) is 9.59 Å². The average molecular weight is 252 g/mol. The summed E-state index contributed by atoms with van der Waals surface area (Å²) < 4.78 is 0. The summed E-state index contributed by atoms with van der Waals surface area (Å²) in [5, 5.41) is 4.95. The van der Waals surface area contributed by atoms with E-state index in [0.717, 1.165) is 4.88 Å². The number of likely N-dealkylation sites (tertiary alicyclic amines) is 1. The quantitative estimate of drug-likeness (QED) is 0.884. The van der Waals surface area contributed by atoms with Crippen LogP contribution in [0.1, 0.15) is 24.3 Å². The summed E-state index contributed by atoms with van der Waals surface area (Å²) in [5.41, 5.74) is 0. The Morgan fingerprint density at radius 3 is 2.94 bits per heavy atom. The lowest BCUT2D eigenvalue weighted by Gasteiger charge is -2.15. The molecule has 0 aromatic carbocycles. The Morgan fingerprint density at radius 1 is 1.65 bits per heavy atom. The van der Waals surface area contributed by atoms with Crippen LogP contribution in [0.2, 0.25) is 0 Å². The zero-order valence-corrected chi connectivity index (χ0v) is 10.8. The van der Waals surface area contributed by atoms with Crippen LogP contribution in [0.15, 0.2) is 17.5 Å². The Hall–Kier alpha value is -1.36. The third-order valence-electron chi connectivity index (χ3n) is 3.04. The molecule has 0 radical (unpaired) electrons. The van der Waals surface area contributed by atoms with Crippen molar-refractivity contribution in [1.82, 2.24) is 10.2 Å². The van der Waals surface area contributed by atoms with Gasteiger partial charge in [0.05, 0.1) is 12.0 Å². The monoisotopic (exact) mass is 252 g/mol. The van der Waals surface area contributed by atoms with Gasteiger partial charge in [0.25, 0.3) is 0 Å². The van der Waals surface area contributed by atoms with Crippen molar-refractivity contribution in [3.8, 4) is 0 Å². The van der Waals surface area contributed by atoms with E-state index in [-0.39, 0.29) is 23.8 Å². The van der Waals surface area contributed by atoms with Crippen molar-refractivity contribution in [3.05, 3.63) is 22.4 Å². The fourth-order valence-electron chi connectivity index (χ4n) is 1.98. The minimum Gasteiger partial charge on any atom is -0.348 e. The van der Waals surface area contributed by atoms with Gasteiger partial charge in [-0.25, -0.2) is 0 Å². The third kappa shape index (κ3) is 2.66. The fourth-order valence-corrected chi connectivity index (χ4v) is 2.71. The first-order valence-corrected chi connectivity index (χ1v) is 6.53. The molecule has 0 bridgehead atoms. The predicted octanol–water partition coefficient (Wildman–Crippen LogP) is 1.40. The fraction of sp³-hybridized carbons (Fsp3) is 0.500. The number of nitrogens with zero attached hydrogens (tertiary/aromatic N) is 1. The lowest BCUT2D eigenvalue weighted by atomic mass is 10.1. The van der Waals surface area contributed by atoms with Crippen LogP contribution in [0.5, 0.6) is 0 Å². The standard InChI is InChI=1S/C12H16N2O2S/c1-8(10-4-3-5-17-10)13-12(16)9-6-11(15)14(2)7-9/h3-5,8-9H,6-7H2,1-2H3,(H,13,16)/t8-,9-/m0/s1. The van der Waals surface area contributed by atoms with E-state index in [0.29, 0.717) is 13.0 Å². The first-order valence-electron chi connectivity index (χ1n) is 5.65. The molecule has 0 saturated carbocycles. The van der Waals surface area contributed by atoms with Crippen molar-refractivity contribution >= 4 is 23.2 Å². The van der Waals surface area contributed by atoms with Crippen LogP contribution in [0, 0.1) is 5.92 Å². The normalized spacial score (nSPS) is 21.6. The summed E-state index contributed by atoms with van der Waals surface area (Å²) in [7, 11) is 1.73. The lowest BCUT2D eigenvalue weighted by Crippen LogP contribution is -2.33. The molecule has 1 aliphatic rings. The second kappa shape index (κ2) is 4.87. The topological polar surface area (TPSA) is 49.4 Å². The second-order valence-electron chi connectivity index (χ2n) is 4.42. The van der Waals surface area contributed by atoms with Crippen LogP contribution in [0.25, 0.3) is 0 Å². The van der Waals surface area contributed by atoms with Crippen LogP contribution < -0.4 is 5.32 Å². The highest BCUT2D eigenvalue weighted by Crippen LogP contribution is 2.21. The van der Waals surface area contributed by atoms with Crippen LogP contribution in [0.4, 0.5) is 0 Å². The molecule has 1 N–H and O–H groups in total. The average Bonchev–Trinajstić information content (AvgIpc) is 2.89. The molecule has 17 heavy (non-hydrogen) atoms. The number of hydrogen-bond acceptors (Lipinski definition) is 3. The zero-order chi connectivity index (χ0) is 12.4. The molecule has 1 aliphatic heterocycles. The van der Waals surface area contributed by atoms with Gasteiger partial charge in [-0.15, -0.1) is 11.3 Å². The molecule has 2 atom stereocenters. The van der Waals surface area contributed by atoms with Crippen LogP contribution >= 0.6 is 11.3 Å². The van der Waals surface area contributed by atoms with E-state index in [1.54, 1.807) is 23.3 Å². The first-order chi connectivity index (χ1) is 8.08. The smallest absolute Gasteiger partial charge is 0.225 e. The van der Waals surface area contributed by atoms with Gasteiger partial charge in [-0.2, -0.15) is 0 Å². The maximum atomic E-state index is 12.0. The van der Waals surface area contributed by atoms with Crippen LogP contribution in [-0.4, -0.2) is 30.3 Å². The number of carbonyl (C=O) groups is 2. The van der Waals surface area contributed by atoms with Crippen LogP contribution in [0.3, 0.4) is 0 Å². The van der Waals surface area contributed by atoms with Crippen molar-refractivity contribution in [2.75, 3.05) is 13.6 Å². The molecule has 0 aliphatic carbocycles. The summed E-state index contributed by atoms with van der Waals surface area (Å²) >= 11 is 1.62. The number of carbonyl (C=O) groups excluding carboxylic acids is 2. The molecule has 0 spiro atoms. The minimum absolute atomic E-state index is 0.0171. The van der Waals surface area contributed by atoms with Crippen molar-refractivity contribution < 1.29 is 9.59 Å². The van der Waals surface area contributed by atoms with E-state index in [1.807, 2.05) is 24.4 Å². The summed E-state index contributed by atoms with van der Waals surface area (Å²) in [6, 6.07) is 3.99. The second-order valence-corrected chi connectivity index (χ2v) is 5.40. The van der Waals surface area contributed by atoms with E-state index in [9.17, 15) is 9.59 Å². The number of thiophene rings is 1. The van der Waals surface area contributed by atoms with E-state index in [4.69, 9.17) is 0 Å². The van der Waals surface area contributed by atoms with E-state index in [2.05, 4.69) is 5.32 Å².